The van der Waals surface area contributed by atoms with Crippen molar-refractivity contribution in [3.63, 3.8) is 0 Å². The highest BCUT2D eigenvalue weighted by Gasteiger charge is 2.19. The Morgan fingerprint density at radius 1 is 0.944 bits per heavy atom. The Morgan fingerprint density at radius 3 is 1.61 bits per heavy atom. The van der Waals surface area contributed by atoms with Crippen molar-refractivity contribution in [1.82, 2.24) is 0 Å². The van der Waals surface area contributed by atoms with Crippen molar-refractivity contribution >= 4 is 43.8 Å². The number of ether oxygens (including phenoxy) is 2. The van der Waals surface area contributed by atoms with Crippen molar-refractivity contribution in [2.75, 3.05) is 14.2 Å². The van der Waals surface area contributed by atoms with Gasteiger partial charge in [0.1, 0.15) is 0 Å². The zero-order chi connectivity index (χ0) is 13.7. The average Bonchev–Trinajstić information content (AvgIpc) is 2.43. The van der Waals surface area contributed by atoms with Gasteiger partial charge in [-0.3, -0.25) is 0 Å². The predicted molar refractivity (Wildman–Crippen MR) is 74.4 cm³/mol. The van der Waals surface area contributed by atoms with Gasteiger partial charge in [0.25, 0.3) is 0 Å². The minimum atomic E-state index is -0.476. The number of carbonyl (C=O) groups excluding carboxylic acids is 2. The predicted octanol–water partition coefficient (Wildman–Crippen LogP) is 3.05. The van der Waals surface area contributed by atoms with E-state index < -0.39 is 11.9 Å². The van der Waals surface area contributed by atoms with Crippen LogP contribution in [-0.2, 0) is 20.1 Å². The van der Waals surface area contributed by atoms with Gasteiger partial charge in [-0.05, 0) is 17.2 Å². The summed E-state index contributed by atoms with van der Waals surface area (Å²) < 4.78 is 9.39. The third kappa shape index (κ3) is 3.11. The van der Waals surface area contributed by atoms with Crippen LogP contribution in [-0.4, -0.2) is 26.2 Å². The Balaban J connectivity index is 3.43. The normalized spacial score (nSPS) is 10.0. The number of benzene rings is 1. The second-order valence-corrected chi connectivity index (χ2v) is 4.54. The van der Waals surface area contributed by atoms with Gasteiger partial charge in [0.15, 0.2) is 0 Å². The molecule has 18 heavy (non-hydrogen) atoms. The van der Waals surface area contributed by atoms with E-state index in [4.69, 9.17) is 9.47 Å². The van der Waals surface area contributed by atoms with Gasteiger partial charge >= 0.3 is 11.9 Å². The van der Waals surface area contributed by atoms with Crippen LogP contribution >= 0.6 is 31.9 Å². The smallest absolute Gasteiger partial charge is 0.338 e. The van der Waals surface area contributed by atoms with E-state index in [-0.39, 0.29) is 0 Å². The second kappa shape index (κ2) is 6.89. The second-order valence-electron chi connectivity index (χ2n) is 3.42. The van der Waals surface area contributed by atoms with Crippen molar-refractivity contribution < 1.29 is 19.1 Å². The molecule has 4 nitrogen and oxygen atoms in total. The van der Waals surface area contributed by atoms with Gasteiger partial charge in [-0.25, -0.2) is 9.59 Å². The monoisotopic (exact) mass is 378 g/mol. The molecule has 0 heterocycles. The third-order valence-corrected chi connectivity index (χ3v) is 3.64. The molecule has 0 bridgehead atoms. The topological polar surface area (TPSA) is 52.6 Å². The number of rotatable bonds is 4. The van der Waals surface area contributed by atoms with Crippen LogP contribution in [0, 0.1) is 0 Å². The lowest BCUT2D eigenvalue weighted by molar-refractivity contribution is 0.0598. The number of hydrogen-bond acceptors (Lipinski definition) is 4. The third-order valence-electron chi connectivity index (χ3n) is 2.43. The summed E-state index contributed by atoms with van der Waals surface area (Å²) in [6.07, 6.45) is 0. The minimum absolute atomic E-state index is 0.361. The molecule has 0 aromatic heterocycles. The highest BCUT2D eigenvalue weighted by Crippen LogP contribution is 2.23. The maximum Gasteiger partial charge on any atom is 0.338 e. The molecular formula is C12H12Br2O4. The fourth-order valence-corrected chi connectivity index (χ4v) is 2.44. The van der Waals surface area contributed by atoms with E-state index in [1.807, 2.05) is 0 Å². The van der Waals surface area contributed by atoms with E-state index in [2.05, 4.69) is 31.9 Å². The summed E-state index contributed by atoms with van der Waals surface area (Å²) in [5.41, 5.74) is 2.26. The van der Waals surface area contributed by atoms with Gasteiger partial charge in [0.2, 0.25) is 0 Å². The van der Waals surface area contributed by atoms with Crippen molar-refractivity contribution in [3.8, 4) is 0 Å². The lowest BCUT2D eigenvalue weighted by Gasteiger charge is -2.11. The molecule has 98 valence electrons. The number of halogens is 2. The van der Waals surface area contributed by atoms with E-state index in [1.54, 1.807) is 6.07 Å². The summed E-state index contributed by atoms with van der Waals surface area (Å²) in [4.78, 5) is 23.3. The molecule has 0 fully saturated rings. The van der Waals surface area contributed by atoms with Crippen LogP contribution in [0.4, 0.5) is 0 Å². The lowest BCUT2D eigenvalue weighted by atomic mass is 10.00. The zero-order valence-corrected chi connectivity index (χ0v) is 13.1. The first-order valence-electron chi connectivity index (χ1n) is 5.03. The Kier molecular flexibility index (Phi) is 5.81. The van der Waals surface area contributed by atoms with Crippen molar-refractivity contribution in [1.29, 1.82) is 0 Å². The molecule has 0 aliphatic rings. The van der Waals surface area contributed by atoms with Gasteiger partial charge in [-0.1, -0.05) is 37.9 Å². The van der Waals surface area contributed by atoms with Crippen molar-refractivity contribution in [2.24, 2.45) is 0 Å². The highest BCUT2D eigenvalue weighted by molar-refractivity contribution is 9.08. The molecule has 6 heteroatoms. The lowest BCUT2D eigenvalue weighted by Crippen LogP contribution is -2.11. The van der Waals surface area contributed by atoms with E-state index in [9.17, 15) is 9.59 Å². The fraction of sp³-hybridized carbons (Fsp3) is 0.333. The summed E-state index contributed by atoms with van der Waals surface area (Å²) in [7, 11) is 2.60. The van der Waals surface area contributed by atoms with Crippen LogP contribution in [0.1, 0.15) is 31.8 Å². The quantitative estimate of drug-likeness (QED) is 0.596. The standard InChI is InChI=1S/C12H12Br2O4/c1-17-11(15)9-4-10(12(16)18-2)8(6-14)3-7(9)5-13/h3-4H,5-6H2,1-2H3. The Morgan fingerprint density at radius 2 is 1.33 bits per heavy atom. The first kappa shape index (κ1) is 15.2. The van der Waals surface area contributed by atoms with E-state index >= 15 is 0 Å². The van der Waals surface area contributed by atoms with Crippen molar-refractivity contribution in [3.05, 3.63) is 34.4 Å². The van der Waals surface area contributed by atoms with Crippen LogP contribution < -0.4 is 0 Å². The minimum Gasteiger partial charge on any atom is -0.465 e. The van der Waals surface area contributed by atoms with Crippen LogP contribution in [0.5, 0.6) is 0 Å². The molecule has 0 saturated heterocycles. The molecule has 1 aromatic carbocycles. The summed E-state index contributed by atoms with van der Waals surface area (Å²) >= 11 is 6.62. The Bertz CT molecular complexity index is 432. The molecule has 0 atom stereocenters. The van der Waals surface area contributed by atoms with Crippen LogP contribution in [0.2, 0.25) is 0 Å². The van der Waals surface area contributed by atoms with Gasteiger partial charge in [-0.2, -0.15) is 0 Å². The summed E-state index contributed by atoms with van der Waals surface area (Å²) in [5.74, 6) is -0.952. The molecular weight excluding hydrogens is 368 g/mol. The Hall–Kier alpha value is -0.880. The summed E-state index contributed by atoms with van der Waals surface area (Å²) in [5, 5.41) is 0.998. The number of esters is 2. The number of hydrogen-bond donors (Lipinski definition) is 0. The summed E-state index contributed by atoms with van der Waals surface area (Å²) in [6, 6.07) is 3.28. The molecule has 0 unspecified atom stereocenters. The molecule has 0 spiro atoms. The summed E-state index contributed by atoms with van der Waals surface area (Å²) in [6.45, 7) is 0. The molecule has 0 saturated carbocycles. The highest BCUT2D eigenvalue weighted by atomic mass is 79.9. The first-order chi connectivity index (χ1) is 8.58. The number of carbonyl (C=O) groups is 2. The van der Waals surface area contributed by atoms with E-state index in [1.165, 1.54) is 20.3 Å². The van der Waals surface area contributed by atoms with Gasteiger partial charge < -0.3 is 9.47 Å². The molecule has 1 aromatic rings. The average molecular weight is 380 g/mol. The molecule has 0 N–H and O–H groups in total. The Labute approximate surface area is 122 Å². The fourth-order valence-electron chi connectivity index (χ4n) is 1.52. The SMILES string of the molecule is COC(=O)c1cc(C(=O)OC)c(CBr)cc1CBr. The van der Waals surface area contributed by atoms with Gasteiger partial charge in [0, 0.05) is 10.7 Å². The number of methoxy groups -OCH3 is 2. The van der Waals surface area contributed by atoms with Crippen LogP contribution in [0.3, 0.4) is 0 Å². The van der Waals surface area contributed by atoms with E-state index in [0.29, 0.717) is 21.8 Å². The zero-order valence-electron chi connectivity index (χ0n) is 9.96. The molecule has 1 rings (SSSR count). The molecule has 0 amide bonds. The van der Waals surface area contributed by atoms with Gasteiger partial charge in [0.05, 0.1) is 25.3 Å². The van der Waals surface area contributed by atoms with E-state index in [0.717, 1.165) is 11.1 Å². The largest absolute Gasteiger partial charge is 0.465 e. The maximum atomic E-state index is 11.6. The van der Waals surface area contributed by atoms with Crippen molar-refractivity contribution in [2.45, 2.75) is 10.7 Å². The first-order valence-corrected chi connectivity index (χ1v) is 7.27. The van der Waals surface area contributed by atoms with Gasteiger partial charge in [-0.15, -0.1) is 0 Å². The molecule has 0 radical (unpaired) electrons. The molecule has 0 aliphatic carbocycles. The number of alkyl halides is 2. The van der Waals surface area contributed by atoms with Crippen LogP contribution in [0.25, 0.3) is 0 Å². The molecule has 0 aliphatic heterocycles. The van der Waals surface area contributed by atoms with Crippen LogP contribution in [0.15, 0.2) is 12.1 Å². The maximum absolute atomic E-state index is 11.6.